The van der Waals surface area contributed by atoms with Crippen LogP contribution in [0.1, 0.15) is 12.8 Å². The quantitative estimate of drug-likeness (QED) is 0.802. The van der Waals surface area contributed by atoms with Crippen LogP contribution in [-0.4, -0.2) is 48.6 Å². The topological polar surface area (TPSA) is 61.4 Å². The Bertz CT molecular complexity index is 655. The number of nitrogens with zero attached hydrogens (tertiary/aromatic N) is 1. The molecule has 1 aliphatic rings. The summed E-state index contributed by atoms with van der Waals surface area (Å²) in [7, 11) is 0. The molecule has 2 N–H and O–H groups in total. The minimum absolute atomic E-state index is 0.132. The lowest BCUT2D eigenvalue weighted by atomic mass is 10.2. The van der Waals surface area contributed by atoms with Gasteiger partial charge in [0.2, 0.25) is 11.8 Å². The lowest BCUT2D eigenvalue weighted by molar-refractivity contribution is -0.141. The Morgan fingerprint density at radius 3 is 2.68 bits per heavy atom. The molecule has 1 fully saturated rings. The monoisotopic (exact) mass is 397 g/mol. The fraction of sp³-hybridized carbons (Fsp3) is 0.467. The Balaban J connectivity index is 1.92. The van der Waals surface area contributed by atoms with Gasteiger partial charge in [0.05, 0.1) is 23.3 Å². The van der Waals surface area contributed by atoms with Crippen molar-refractivity contribution in [3.05, 3.63) is 28.2 Å². The highest BCUT2D eigenvalue weighted by Gasteiger charge is 2.34. The highest BCUT2D eigenvalue weighted by Crippen LogP contribution is 2.25. The molecule has 1 aromatic carbocycles. The standard InChI is InChI=1S/C15H16Cl2F3N3O2/c16-9-3-4-10(17)11(6-9)22-13(24)7-23-5-1-2-12(23)14(25)21-8-15(18,19)20/h3-4,6,12H,1-2,5,7-8H2,(H,21,25)(H,22,24). The third kappa shape index (κ3) is 6.05. The molecule has 1 aromatic rings. The summed E-state index contributed by atoms with van der Waals surface area (Å²) in [6.45, 7) is -1.08. The van der Waals surface area contributed by atoms with Crippen LogP contribution >= 0.6 is 23.2 Å². The number of alkyl halides is 3. The Morgan fingerprint density at radius 1 is 1.28 bits per heavy atom. The largest absolute Gasteiger partial charge is 0.405 e. The molecule has 0 bridgehead atoms. The van der Waals surface area contributed by atoms with Crippen molar-refractivity contribution < 1.29 is 22.8 Å². The van der Waals surface area contributed by atoms with Crippen LogP contribution in [0, 0.1) is 0 Å². The Kier molecular flexibility index (Phi) is 6.53. The minimum atomic E-state index is -4.47. The molecule has 1 saturated heterocycles. The van der Waals surface area contributed by atoms with Crippen LogP contribution in [-0.2, 0) is 9.59 Å². The molecule has 1 aliphatic heterocycles. The molecule has 2 rings (SSSR count). The van der Waals surface area contributed by atoms with Gasteiger partial charge < -0.3 is 10.6 Å². The first-order chi connectivity index (χ1) is 11.7. The van der Waals surface area contributed by atoms with Crippen LogP contribution in [0.15, 0.2) is 18.2 Å². The summed E-state index contributed by atoms with van der Waals surface area (Å²) < 4.78 is 36.6. The van der Waals surface area contributed by atoms with Crippen molar-refractivity contribution in [3.8, 4) is 0 Å². The van der Waals surface area contributed by atoms with Crippen LogP contribution in [0.25, 0.3) is 0 Å². The van der Waals surface area contributed by atoms with E-state index in [-0.39, 0.29) is 6.54 Å². The van der Waals surface area contributed by atoms with Gasteiger partial charge in [-0.05, 0) is 37.6 Å². The summed E-state index contributed by atoms with van der Waals surface area (Å²) in [6, 6.07) is 3.83. The van der Waals surface area contributed by atoms with Gasteiger partial charge in [-0.3, -0.25) is 14.5 Å². The van der Waals surface area contributed by atoms with E-state index in [0.29, 0.717) is 35.1 Å². The van der Waals surface area contributed by atoms with Crippen LogP contribution in [0.4, 0.5) is 18.9 Å². The minimum Gasteiger partial charge on any atom is -0.346 e. The van der Waals surface area contributed by atoms with Crippen molar-refractivity contribution in [2.24, 2.45) is 0 Å². The van der Waals surface area contributed by atoms with Crippen molar-refractivity contribution in [2.45, 2.75) is 25.1 Å². The number of amides is 2. The van der Waals surface area contributed by atoms with Gasteiger partial charge in [0.15, 0.2) is 0 Å². The number of benzene rings is 1. The zero-order chi connectivity index (χ0) is 18.6. The normalized spacial score (nSPS) is 18.2. The molecular weight excluding hydrogens is 382 g/mol. The Labute approximate surface area is 152 Å². The molecule has 0 spiro atoms. The Hall–Kier alpha value is -1.51. The SMILES string of the molecule is O=C(CN1CCCC1C(=O)NCC(F)(F)F)Nc1cc(Cl)ccc1Cl. The zero-order valence-corrected chi connectivity index (χ0v) is 14.5. The molecule has 0 aromatic heterocycles. The number of hydrogen-bond donors (Lipinski definition) is 2. The van der Waals surface area contributed by atoms with Crippen molar-refractivity contribution in [3.63, 3.8) is 0 Å². The molecule has 138 valence electrons. The predicted octanol–water partition coefficient (Wildman–Crippen LogP) is 3.07. The first kappa shape index (κ1) is 19.8. The van der Waals surface area contributed by atoms with Gasteiger partial charge in [0, 0.05) is 5.02 Å². The molecule has 0 aliphatic carbocycles. The van der Waals surface area contributed by atoms with Crippen LogP contribution < -0.4 is 10.6 Å². The number of halogens is 5. The maximum Gasteiger partial charge on any atom is 0.405 e. The van der Waals surface area contributed by atoms with E-state index in [1.165, 1.54) is 12.1 Å². The number of likely N-dealkylation sites (tertiary alicyclic amines) is 1. The molecular formula is C15H16Cl2F3N3O2. The van der Waals surface area contributed by atoms with E-state index >= 15 is 0 Å². The number of carbonyl (C=O) groups is 2. The molecule has 0 saturated carbocycles. The lowest BCUT2D eigenvalue weighted by Crippen LogP contribution is -2.47. The van der Waals surface area contributed by atoms with Crippen LogP contribution in [0.5, 0.6) is 0 Å². The third-order valence-electron chi connectivity index (χ3n) is 3.68. The third-order valence-corrected chi connectivity index (χ3v) is 4.24. The second kappa shape index (κ2) is 8.25. The molecule has 25 heavy (non-hydrogen) atoms. The van der Waals surface area contributed by atoms with Crippen LogP contribution in [0.2, 0.25) is 10.0 Å². The zero-order valence-electron chi connectivity index (χ0n) is 13.0. The first-order valence-electron chi connectivity index (χ1n) is 7.49. The number of anilines is 1. The summed E-state index contributed by atoms with van der Waals surface area (Å²) in [5, 5.41) is 5.14. The van der Waals surface area contributed by atoms with Crippen LogP contribution in [0.3, 0.4) is 0 Å². The summed E-state index contributed by atoms with van der Waals surface area (Å²) in [6.07, 6.45) is -3.45. The van der Waals surface area contributed by atoms with Crippen molar-refractivity contribution in [2.75, 3.05) is 25.0 Å². The number of rotatable bonds is 5. The van der Waals surface area contributed by atoms with E-state index in [4.69, 9.17) is 23.2 Å². The van der Waals surface area contributed by atoms with Crippen molar-refractivity contribution >= 4 is 40.7 Å². The molecule has 0 radical (unpaired) electrons. The molecule has 1 unspecified atom stereocenters. The fourth-order valence-corrected chi connectivity index (χ4v) is 2.92. The number of hydrogen-bond acceptors (Lipinski definition) is 3. The second-order valence-corrected chi connectivity index (χ2v) is 6.48. The Morgan fingerprint density at radius 2 is 2.00 bits per heavy atom. The van der Waals surface area contributed by atoms with E-state index in [1.807, 2.05) is 5.32 Å². The average Bonchev–Trinajstić information content (AvgIpc) is 2.96. The molecule has 1 heterocycles. The maximum atomic E-state index is 12.2. The number of carbonyl (C=O) groups excluding carboxylic acids is 2. The summed E-state index contributed by atoms with van der Waals surface area (Å²) >= 11 is 11.8. The van der Waals surface area contributed by atoms with E-state index in [2.05, 4.69) is 5.32 Å². The average molecular weight is 398 g/mol. The van der Waals surface area contributed by atoms with Gasteiger partial charge in [-0.25, -0.2) is 0 Å². The molecule has 5 nitrogen and oxygen atoms in total. The van der Waals surface area contributed by atoms with E-state index in [9.17, 15) is 22.8 Å². The van der Waals surface area contributed by atoms with Gasteiger partial charge in [-0.1, -0.05) is 23.2 Å². The molecule has 2 amide bonds. The van der Waals surface area contributed by atoms with Gasteiger partial charge in [-0.2, -0.15) is 13.2 Å². The number of nitrogens with one attached hydrogen (secondary N) is 2. The molecule has 1 atom stereocenters. The fourth-order valence-electron chi connectivity index (χ4n) is 2.58. The van der Waals surface area contributed by atoms with E-state index in [1.54, 1.807) is 11.0 Å². The highest BCUT2D eigenvalue weighted by atomic mass is 35.5. The summed E-state index contributed by atoms with van der Waals surface area (Å²) in [5.41, 5.74) is 0.330. The smallest absolute Gasteiger partial charge is 0.346 e. The molecule has 10 heteroatoms. The lowest BCUT2D eigenvalue weighted by Gasteiger charge is -2.23. The predicted molar refractivity (Wildman–Crippen MR) is 88.8 cm³/mol. The maximum absolute atomic E-state index is 12.2. The van der Waals surface area contributed by atoms with Gasteiger partial charge in [0.25, 0.3) is 0 Å². The summed E-state index contributed by atoms with van der Waals surface area (Å²) in [5.74, 6) is -1.16. The van der Waals surface area contributed by atoms with Crippen molar-refractivity contribution in [1.82, 2.24) is 10.2 Å². The second-order valence-electron chi connectivity index (χ2n) is 5.63. The van der Waals surface area contributed by atoms with E-state index < -0.39 is 30.6 Å². The highest BCUT2D eigenvalue weighted by molar-refractivity contribution is 6.35. The van der Waals surface area contributed by atoms with E-state index in [0.717, 1.165) is 0 Å². The van der Waals surface area contributed by atoms with Crippen molar-refractivity contribution in [1.29, 1.82) is 0 Å². The van der Waals surface area contributed by atoms with Gasteiger partial charge in [-0.15, -0.1) is 0 Å². The first-order valence-corrected chi connectivity index (χ1v) is 8.25. The summed E-state index contributed by atoms with van der Waals surface area (Å²) in [4.78, 5) is 25.6. The van der Waals surface area contributed by atoms with Gasteiger partial charge >= 0.3 is 6.18 Å². The van der Waals surface area contributed by atoms with Gasteiger partial charge in [0.1, 0.15) is 6.54 Å².